The number of morpholine rings is 1. The Kier molecular flexibility index (Phi) is 4.79. The molecule has 100 valence electrons. The van der Waals surface area contributed by atoms with E-state index in [-0.39, 0.29) is 0 Å². The van der Waals surface area contributed by atoms with E-state index in [2.05, 4.69) is 36.0 Å². The maximum atomic E-state index is 5.89. The fraction of sp³-hybridized carbons (Fsp3) is 1.00. The Hall–Kier alpha value is -0.160. The molecule has 2 aliphatic heterocycles. The topological polar surface area (TPSA) is 27.7 Å². The predicted molar refractivity (Wildman–Crippen MR) is 70.4 cm³/mol. The third kappa shape index (κ3) is 3.65. The standard InChI is InChI=1S/C13H27N3O/c1-11(2)16-6-7-17-13(10-16)9-15-5-4-12(8-15)14-3/h11-14H,4-10H2,1-3H3. The minimum atomic E-state index is 0.404. The maximum Gasteiger partial charge on any atom is 0.0829 e. The SMILES string of the molecule is CNC1CCN(CC2CN(C(C)C)CCO2)C1. The normalized spacial score (nSPS) is 32.5. The van der Waals surface area contributed by atoms with Crippen molar-refractivity contribution in [1.82, 2.24) is 15.1 Å². The summed E-state index contributed by atoms with van der Waals surface area (Å²) in [4.78, 5) is 5.06. The lowest BCUT2D eigenvalue weighted by atomic mass is 10.2. The van der Waals surface area contributed by atoms with E-state index in [0.717, 1.165) is 26.2 Å². The molecule has 2 rings (SSSR count). The minimum absolute atomic E-state index is 0.404. The molecule has 0 bridgehead atoms. The second-order valence-corrected chi connectivity index (χ2v) is 5.62. The van der Waals surface area contributed by atoms with Gasteiger partial charge in [-0.2, -0.15) is 0 Å². The summed E-state index contributed by atoms with van der Waals surface area (Å²) in [5.74, 6) is 0. The molecule has 0 radical (unpaired) electrons. The lowest BCUT2D eigenvalue weighted by Gasteiger charge is -2.37. The zero-order valence-electron chi connectivity index (χ0n) is 11.5. The number of nitrogens with one attached hydrogen (secondary N) is 1. The summed E-state index contributed by atoms with van der Waals surface area (Å²) < 4.78 is 5.89. The molecule has 0 aromatic heterocycles. The van der Waals surface area contributed by atoms with Gasteiger partial charge in [0.1, 0.15) is 0 Å². The highest BCUT2D eigenvalue weighted by Crippen LogP contribution is 2.14. The summed E-state index contributed by atoms with van der Waals surface area (Å²) in [6.45, 7) is 11.1. The van der Waals surface area contributed by atoms with Crippen LogP contribution >= 0.6 is 0 Å². The predicted octanol–water partition coefficient (Wildman–Crippen LogP) is 0.389. The molecular weight excluding hydrogens is 214 g/mol. The summed E-state index contributed by atoms with van der Waals surface area (Å²) >= 11 is 0. The van der Waals surface area contributed by atoms with E-state index in [0.29, 0.717) is 18.2 Å². The first kappa shape index (κ1) is 13.3. The fourth-order valence-corrected chi connectivity index (χ4v) is 2.84. The van der Waals surface area contributed by atoms with Gasteiger partial charge in [-0.05, 0) is 33.9 Å². The van der Waals surface area contributed by atoms with Crippen LogP contribution in [0.25, 0.3) is 0 Å². The zero-order valence-corrected chi connectivity index (χ0v) is 11.5. The molecule has 2 saturated heterocycles. The summed E-state index contributed by atoms with van der Waals surface area (Å²) in [6, 6.07) is 1.32. The van der Waals surface area contributed by atoms with Crippen molar-refractivity contribution in [3.05, 3.63) is 0 Å². The Morgan fingerprint density at radius 2 is 2.12 bits per heavy atom. The van der Waals surface area contributed by atoms with Crippen LogP contribution in [0, 0.1) is 0 Å². The molecule has 17 heavy (non-hydrogen) atoms. The average molecular weight is 241 g/mol. The van der Waals surface area contributed by atoms with E-state index in [1.807, 2.05) is 0 Å². The van der Waals surface area contributed by atoms with Gasteiger partial charge >= 0.3 is 0 Å². The molecular formula is C13H27N3O. The number of rotatable bonds is 4. The highest BCUT2D eigenvalue weighted by Gasteiger charge is 2.27. The monoisotopic (exact) mass is 241 g/mol. The van der Waals surface area contributed by atoms with Gasteiger partial charge in [-0.15, -0.1) is 0 Å². The first-order valence-corrected chi connectivity index (χ1v) is 6.94. The molecule has 0 amide bonds. The van der Waals surface area contributed by atoms with Crippen molar-refractivity contribution in [3.8, 4) is 0 Å². The average Bonchev–Trinajstić information content (AvgIpc) is 2.77. The lowest BCUT2D eigenvalue weighted by Crippen LogP contribution is -2.49. The van der Waals surface area contributed by atoms with Gasteiger partial charge in [0, 0.05) is 38.3 Å². The summed E-state index contributed by atoms with van der Waals surface area (Å²) in [5, 5.41) is 3.37. The highest BCUT2D eigenvalue weighted by molar-refractivity contribution is 4.83. The van der Waals surface area contributed by atoms with Crippen LogP contribution in [0.15, 0.2) is 0 Å². The molecule has 0 aromatic carbocycles. The van der Waals surface area contributed by atoms with Crippen molar-refractivity contribution in [2.24, 2.45) is 0 Å². The molecule has 2 unspecified atom stereocenters. The van der Waals surface area contributed by atoms with Crippen LogP contribution in [-0.4, -0.2) is 74.4 Å². The fourth-order valence-electron chi connectivity index (χ4n) is 2.84. The smallest absolute Gasteiger partial charge is 0.0829 e. The van der Waals surface area contributed by atoms with Crippen molar-refractivity contribution in [3.63, 3.8) is 0 Å². The van der Waals surface area contributed by atoms with Crippen LogP contribution in [0.4, 0.5) is 0 Å². The highest BCUT2D eigenvalue weighted by atomic mass is 16.5. The van der Waals surface area contributed by atoms with Gasteiger partial charge in [-0.1, -0.05) is 0 Å². The Bertz CT molecular complexity index is 235. The summed E-state index contributed by atoms with van der Waals surface area (Å²) in [7, 11) is 2.06. The van der Waals surface area contributed by atoms with Gasteiger partial charge < -0.3 is 10.1 Å². The number of nitrogens with zero attached hydrogens (tertiary/aromatic N) is 2. The molecule has 2 heterocycles. The number of ether oxygens (including phenoxy) is 1. The molecule has 0 aliphatic carbocycles. The van der Waals surface area contributed by atoms with Crippen molar-refractivity contribution < 1.29 is 4.74 Å². The number of likely N-dealkylation sites (tertiary alicyclic amines) is 1. The molecule has 2 fully saturated rings. The van der Waals surface area contributed by atoms with E-state index < -0.39 is 0 Å². The second-order valence-electron chi connectivity index (χ2n) is 5.62. The quantitative estimate of drug-likeness (QED) is 0.770. The van der Waals surface area contributed by atoms with Crippen LogP contribution in [0.5, 0.6) is 0 Å². The van der Waals surface area contributed by atoms with E-state index in [4.69, 9.17) is 4.74 Å². The van der Waals surface area contributed by atoms with E-state index in [1.165, 1.54) is 19.5 Å². The molecule has 0 saturated carbocycles. The number of likely N-dealkylation sites (N-methyl/N-ethyl adjacent to an activating group) is 1. The number of hydrogen-bond donors (Lipinski definition) is 1. The van der Waals surface area contributed by atoms with E-state index in [9.17, 15) is 0 Å². The molecule has 4 heteroatoms. The molecule has 2 aliphatic rings. The first-order valence-electron chi connectivity index (χ1n) is 6.94. The van der Waals surface area contributed by atoms with E-state index >= 15 is 0 Å². The van der Waals surface area contributed by atoms with Crippen LogP contribution in [-0.2, 0) is 4.74 Å². The second kappa shape index (κ2) is 6.14. The van der Waals surface area contributed by atoms with Crippen LogP contribution in [0.3, 0.4) is 0 Å². The van der Waals surface area contributed by atoms with Gasteiger partial charge in [0.25, 0.3) is 0 Å². The largest absolute Gasteiger partial charge is 0.374 e. The van der Waals surface area contributed by atoms with Gasteiger partial charge in [-0.3, -0.25) is 9.80 Å². The molecule has 0 spiro atoms. The van der Waals surface area contributed by atoms with Gasteiger partial charge in [0.2, 0.25) is 0 Å². The minimum Gasteiger partial charge on any atom is -0.374 e. The number of hydrogen-bond acceptors (Lipinski definition) is 4. The van der Waals surface area contributed by atoms with Crippen molar-refractivity contribution in [2.45, 2.75) is 38.5 Å². The maximum absolute atomic E-state index is 5.89. The molecule has 1 N–H and O–H groups in total. The third-order valence-corrected chi connectivity index (χ3v) is 4.04. The zero-order chi connectivity index (χ0) is 12.3. The van der Waals surface area contributed by atoms with Crippen molar-refractivity contribution in [2.75, 3.05) is 46.4 Å². The van der Waals surface area contributed by atoms with E-state index in [1.54, 1.807) is 0 Å². The van der Waals surface area contributed by atoms with Crippen LogP contribution < -0.4 is 5.32 Å². The molecule has 4 nitrogen and oxygen atoms in total. The summed E-state index contributed by atoms with van der Waals surface area (Å²) in [6.07, 6.45) is 1.68. The first-order chi connectivity index (χ1) is 8.19. The molecule has 0 aromatic rings. The lowest BCUT2D eigenvalue weighted by molar-refractivity contribution is -0.0499. The van der Waals surface area contributed by atoms with Crippen LogP contribution in [0.2, 0.25) is 0 Å². The molecule has 2 atom stereocenters. The van der Waals surface area contributed by atoms with Gasteiger partial charge in [0.15, 0.2) is 0 Å². The van der Waals surface area contributed by atoms with Gasteiger partial charge in [-0.25, -0.2) is 0 Å². The Balaban J connectivity index is 1.75. The Morgan fingerprint density at radius 3 is 2.76 bits per heavy atom. The van der Waals surface area contributed by atoms with Gasteiger partial charge in [0.05, 0.1) is 12.7 Å². The Morgan fingerprint density at radius 1 is 1.29 bits per heavy atom. The summed E-state index contributed by atoms with van der Waals surface area (Å²) in [5.41, 5.74) is 0. The van der Waals surface area contributed by atoms with Crippen LogP contribution in [0.1, 0.15) is 20.3 Å². The third-order valence-electron chi connectivity index (χ3n) is 4.04. The Labute approximate surface area is 105 Å². The van der Waals surface area contributed by atoms with Crippen molar-refractivity contribution >= 4 is 0 Å². The van der Waals surface area contributed by atoms with Crippen molar-refractivity contribution in [1.29, 1.82) is 0 Å².